The van der Waals surface area contributed by atoms with Crippen LogP contribution in [0.5, 0.6) is 5.75 Å². The Kier molecular flexibility index (Phi) is 3.44. The second-order valence-electron chi connectivity index (χ2n) is 4.63. The number of halogens is 1. The van der Waals surface area contributed by atoms with Gasteiger partial charge in [-0.1, -0.05) is 0 Å². The van der Waals surface area contributed by atoms with E-state index in [0.29, 0.717) is 5.92 Å². The third-order valence-electron chi connectivity index (χ3n) is 3.37. The fourth-order valence-corrected chi connectivity index (χ4v) is 2.32. The van der Waals surface area contributed by atoms with Crippen LogP contribution in [0.4, 0.5) is 4.39 Å². The molecule has 1 aliphatic rings. The normalized spacial score (nSPS) is 17.6. The number of aromatic hydroxyl groups is 1. The second-order valence-corrected chi connectivity index (χ2v) is 4.63. The molecular formula is C13H18FNO. The third kappa shape index (κ3) is 2.53. The number of phenolic OH excluding ortho intramolecular Hbond substituents is 1. The van der Waals surface area contributed by atoms with Gasteiger partial charge in [0.15, 0.2) is 11.6 Å². The van der Waals surface area contributed by atoms with Crippen molar-refractivity contribution in [3.05, 3.63) is 29.1 Å². The number of phenols is 1. The Morgan fingerprint density at radius 3 is 2.75 bits per heavy atom. The first kappa shape index (κ1) is 11.4. The van der Waals surface area contributed by atoms with Crippen LogP contribution in [-0.4, -0.2) is 18.2 Å². The molecule has 0 spiro atoms. The number of hydrogen-bond acceptors (Lipinski definition) is 2. The molecule has 16 heavy (non-hydrogen) atoms. The van der Waals surface area contributed by atoms with Gasteiger partial charge in [0.25, 0.3) is 0 Å². The molecule has 1 saturated heterocycles. The number of benzene rings is 1. The van der Waals surface area contributed by atoms with E-state index in [1.807, 2.05) is 6.92 Å². The number of nitrogens with one attached hydrogen (secondary N) is 1. The number of aryl methyl sites for hydroxylation is 1. The van der Waals surface area contributed by atoms with E-state index < -0.39 is 5.82 Å². The predicted molar refractivity (Wildman–Crippen MR) is 62.1 cm³/mol. The molecule has 3 heteroatoms. The maximum atomic E-state index is 13.3. The number of piperidine rings is 1. The smallest absolute Gasteiger partial charge is 0.165 e. The highest BCUT2D eigenvalue weighted by Gasteiger charge is 2.15. The average Bonchev–Trinajstić information content (AvgIpc) is 2.27. The summed E-state index contributed by atoms with van der Waals surface area (Å²) in [7, 11) is 0. The summed E-state index contributed by atoms with van der Waals surface area (Å²) in [4.78, 5) is 0. The van der Waals surface area contributed by atoms with E-state index in [4.69, 9.17) is 0 Å². The topological polar surface area (TPSA) is 32.3 Å². The lowest BCUT2D eigenvalue weighted by Crippen LogP contribution is -2.28. The van der Waals surface area contributed by atoms with Crippen molar-refractivity contribution in [2.75, 3.05) is 13.1 Å². The van der Waals surface area contributed by atoms with Gasteiger partial charge in [0, 0.05) is 0 Å². The summed E-state index contributed by atoms with van der Waals surface area (Å²) in [6, 6.07) is 3.00. The van der Waals surface area contributed by atoms with E-state index in [-0.39, 0.29) is 5.75 Å². The number of rotatable bonds is 2. The van der Waals surface area contributed by atoms with Crippen molar-refractivity contribution in [3.63, 3.8) is 0 Å². The Balaban J connectivity index is 2.11. The van der Waals surface area contributed by atoms with Crippen LogP contribution in [0.3, 0.4) is 0 Å². The molecule has 0 atom stereocenters. The van der Waals surface area contributed by atoms with Gasteiger partial charge in [-0.25, -0.2) is 4.39 Å². The molecule has 2 N–H and O–H groups in total. The Morgan fingerprint density at radius 1 is 1.38 bits per heavy atom. The van der Waals surface area contributed by atoms with Gasteiger partial charge in [-0.05, 0) is 68.5 Å². The van der Waals surface area contributed by atoms with Gasteiger partial charge in [-0.3, -0.25) is 0 Å². The molecule has 0 unspecified atom stereocenters. The minimum Gasteiger partial charge on any atom is -0.505 e. The lowest BCUT2D eigenvalue weighted by molar-refractivity contribution is 0.371. The predicted octanol–water partition coefficient (Wildman–Crippen LogP) is 2.38. The van der Waals surface area contributed by atoms with Crippen LogP contribution < -0.4 is 5.32 Å². The molecule has 1 fully saturated rings. The molecule has 1 aliphatic heterocycles. The Labute approximate surface area is 95.5 Å². The van der Waals surface area contributed by atoms with Crippen molar-refractivity contribution in [3.8, 4) is 5.75 Å². The molecule has 0 amide bonds. The lowest BCUT2D eigenvalue weighted by atomic mass is 9.89. The minimum atomic E-state index is -0.505. The zero-order valence-corrected chi connectivity index (χ0v) is 9.59. The van der Waals surface area contributed by atoms with Gasteiger partial charge in [-0.15, -0.1) is 0 Å². The van der Waals surface area contributed by atoms with Crippen molar-refractivity contribution < 1.29 is 9.50 Å². The summed E-state index contributed by atoms with van der Waals surface area (Å²) in [6.45, 7) is 4.05. The quantitative estimate of drug-likeness (QED) is 0.806. The molecule has 0 saturated carbocycles. The molecule has 0 radical (unpaired) electrons. The largest absolute Gasteiger partial charge is 0.505 e. The van der Waals surface area contributed by atoms with E-state index in [0.717, 1.165) is 43.5 Å². The highest BCUT2D eigenvalue weighted by Crippen LogP contribution is 2.25. The molecule has 1 aromatic carbocycles. The van der Waals surface area contributed by atoms with Crippen LogP contribution in [0.1, 0.15) is 24.0 Å². The van der Waals surface area contributed by atoms with Gasteiger partial charge < -0.3 is 10.4 Å². The SMILES string of the molecule is Cc1cc(O)c(F)cc1CC1CCNCC1. The van der Waals surface area contributed by atoms with Crippen molar-refractivity contribution in [1.29, 1.82) is 0 Å². The van der Waals surface area contributed by atoms with E-state index in [9.17, 15) is 9.50 Å². The van der Waals surface area contributed by atoms with Crippen molar-refractivity contribution in [1.82, 2.24) is 5.32 Å². The van der Waals surface area contributed by atoms with Crippen LogP contribution in [0, 0.1) is 18.7 Å². The first-order valence-electron chi connectivity index (χ1n) is 5.85. The lowest BCUT2D eigenvalue weighted by Gasteiger charge is -2.23. The Hall–Kier alpha value is -1.09. The summed E-state index contributed by atoms with van der Waals surface area (Å²) in [5.74, 6) is -0.106. The maximum Gasteiger partial charge on any atom is 0.165 e. The van der Waals surface area contributed by atoms with Gasteiger partial charge in [0.1, 0.15) is 0 Å². The van der Waals surface area contributed by atoms with Crippen LogP contribution in [0.15, 0.2) is 12.1 Å². The molecule has 0 aromatic heterocycles. The van der Waals surface area contributed by atoms with E-state index in [1.165, 1.54) is 12.1 Å². The molecule has 2 rings (SSSR count). The monoisotopic (exact) mass is 223 g/mol. The van der Waals surface area contributed by atoms with Crippen molar-refractivity contribution in [2.24, 2.45) is 5.92 Å². The number of hydrogen-bond donors (Lipinski definition) is 2. The summed E-state index contributed by atoms with van der Waals surface area (Å²) in [5, 5.41) is 12.6. The van der Waals surface area contributed by atoms with Crippen LogP contribution in [0.25, 0.3) is 0 Å². The fraction of sp³-hybridized carbons (Fsp3) is 0.538. The molecule has 2 nitrogen and oxygen atoms in total. The van der Waals surface area contributed by atoms with Gasteiger partial charge in [-0.2, -0.15) is 0 Å². The summed E-state index contributed by atoms with van der Waals surface area (Å²) >= 11 is 0. The van der Waals surface area contributed by atoms with Crippen molar-refractivity contribution in [2.45, 2.75) is 26.2 Å². The highest BCUT2D eigenvalue weighted by molar-refractivity contribution is 5.35. The standard InChI is InChI=1S/C13H18FNO/c1-9-6-13(16)12(14)8-11(9)7-10-2-4-15-5-3-10/h6,8,10,15-16H,2-5,7H2,1H3. The van der Waals surface area contributed by atoms with E-state index >= 15 is 0 Å². The summed E-state index contributed by atoms with van der Waals surface area (Å²) in [5.41, 5.74) is 2.01. The zero-order chi connectivity index (χ0) is 11.5. The molecular weight excluding hydrogens is 205 g/mol. The molecule has 0 aliphatic carbocycles. The van der Waals surface area contributed by atoms with Crippen LogP contribution >= 0.6 is 0 Å². The average molecular weight is 223 g/mol. The third-order valence-corrected chi connectivity index (χ3v) is 3.37. The van der Waals surface area contributed by atoms with E-state index in [2.05, 4.69) is 5.32 Å². The highest BCUT2D eigenvalue weighted by atomic mass is 19.1. The molecule has 1 heterocycles. The van der Waals surface area contributed by atoms with Gasteiger partial charge in [0.2, 0.25) is 0 Å². The first-order valence-corrected chi connectivity index (χ1v) is 5.85. The van der Waals surface area contributed by atoms with E-state index in [1.54, 1.807) is 0 Å². The Morgan fingerprint density at radius 2 is 2.06 bits per heavy atom. The maximum absolute atomic E-state index is 13.3. The summed E-state index contributed by atoms with van der Waals surface area (Å²) in [6.07, 6.45) is 3.23. The fourth-order valence-electron chi connectivity index (χ4n) is 2.32. The van der Waals surface area contributed by atoms with Crippen molar-refractivity contribution >= 4 is 0 Å². The van der Waals surface area contributed by atoms with Crippen LogP contribution in [-0.2, 0) is 6.42 Å². The van der Waals surface area contributed by atoms with Crippen LogP contribution in [0.2, 0.25) is 0 Å². The summed E-state index contributed by atoms with van der Waals surface area (Å²) < 4.78 is 13.3. The van der Waals surface area contributed by atoms with Gasteiger partial charge in [0.05, 0.1) is 0 Å². The Bertz CT molecular complexity index is 372. The zero-order valence-electron chi connectivity index (χ0n) is 9.59. The molecule has 0 bridgehead atoms. The minimum absolute atomic E-state index is 0.244. The first-order chi connectivity index (χ1) is 7.66. The second kappa shape index (κ2) is 4.83. The molecule has 88 valence electrons. The van der Waals surface area contributed by atoms with Gasteiger partial charge >= 0.3 is 0 Å². The molecule has 1 aromatic rings.